The summed E-state index contributed by atoms with van der Waals surface area (Å²) in [5.74, 6) is 5.43. The number of thiocarbonyl (C=S) groups is 1. The molecule has 0 aliphatic carbocycles. The highest BCUT2D eigenvalue weighted by Gasteiger charge is 2.33. The molecule has 0 unspecified atom stereocenters. The van der Waals surface area contributed by atoms with E-state index in [1.807, 2.05) is 42.5 Å². The van der Waals surface area contributed by atoms with Crippen molar-refractivity contribution in [1.82, 2.24) is 9.58 Å². The first kappa shape index (κ1) is 21.8. The number of aryl methyl sites for hydroxylation is 1. The molecule has 33 heavy (non-hydrogen) atoms. The Hall–Kier alpha value is -2.98. The predicted octanol–water partition coefficient (Wildman–Crippen LogP) is 2.71. The van der Waals surface area contributed by atoms with E-state index in [0.717, 1.165) is 33.7 Å². The highest BCUT2D eigenvalue weighted by molar-refractivity contribution is 8.30. The Kier molecular flexibility index (Phi) is 5.57. The molecule has 6 nitrogen and oxygen atoms in total. The van der Waals surface area contributed by atoms with Crippen molar-refractivity contribution in [1.29, 1.82) is 0 Å². The van der Waals surface area contributed by atoms with Crippen LogP contribution in [0.3, 0.4) is 0 Å². The standard InChI is InChI=1S/C24H20N4O2S3/c1-3-26-17-11-9-14(2)13-15(17)10-12-18(26)19-21(29)27(16-7-5-4-6-8-16)23(32-19)20-22(30)28(25)24(31)33-20/h4-13H,3,25H2,1-2H3/b19-18+,23-20-. The summed E-state index contributed by atoms with van der Waals surface area (Å²) in [7, 11) is 0. The number of para-hydroxylation sites is 1. The maximum absolute atomic E-state index is 13.8. The molecule has 0 atom stereocenters. The molecular weight excluding hydrogens is 472 g/mol. The Morgan fingerprint density at radius 1 is 1.06 bits per heavy atom. The van der Waals surface area contributed by atoms with Gasteiger partial charge in [-0.3, -0.25) is 14.2 Å². The second-order valence-corrected chi connectivity index (χ2v) is 10.3. The second-order valence-electron chi connectivity index (χ2n) is 7.61. The molecule has 166 valence electrons. The number of hydrogen-bond donors (Lipinski definition) is 1. The maximum Gasteiger partial charge on any atom is 0.283 e. The number of nitrogens with zero attached hydrogens (tertiary/aromatic N) is 3. The number of thiazole rings is 1. The molecule has 0 bridgehead atoms. The molecular formula is C24H20N4O2S3. The van der Waals surface area contributed by atoms with Crippen LogP contribution >= 0.6 is 35.3 Å². The van der Waals surface area contributed by atoms with Gasteiger partial charge < -0.3 is 4.90 Å². The third-order valence-corrected chi connectivity index (χ3v) is 8.23. The quantitative estimate of drug-likeness (QED) is 0.337. The number of carbonyl (C=O) groups excluding carboxylic acids is 1. The zero-order chi connectivity index (χ0) is 23.3. The van der Waals surface area contributed by atoms with Crippen LogP contribution in [-0.2, 0) is 4.79 Å². The fourth-order valence-corrected chi connectivity index (χ4v) is 6.41. The van der Waals surface area contributed by atoms with E-state index >= 15 is 0 Å². The van der Waals surface area contributed by atoms with Crippen LogP contribution in [0, 0.1) is 6.92 Å². The third-order valence-electron chi connectivity index (χ3n) is 5.54. The molecule has 1 amide bonds. The fraction of sp³-hybridized carbons (Fsp3) is 0.125. The molecule has 2 aromatic carbocycles. The van der Waals surface area contributed by atoms with Crippen molar-refractivity contribution < 1.29 is 4.79 Å². The number of anilines is 1. The summed E-state index contributed by atoms with van der Waals surface area (Å²) in [5.41, 5.74) is 4.65. The lowest BCUT2D eigenvalue weighted by Crippen LogP contribution is -2.37. The van der Waals surface area contributed by atoms with E-state index in [-0.39, 0.29) is 9.88 Å². The summed E-state index contributed by atoms with van der Waals surface area (Å²) in [6, 6.07) is 15.6. The minimum absolute atomic E-state index is 0.183. The average Bonchev–Trinajstić information content (AvgIpc) is 3.29. The summed E-state index contributed by atoms with van der Waals surface area (Å²) < 4.78 is 2.93. The van der Waals surface area contributed by atoms with Crippen molar-refractivity contribution in [3.05, 3.63) is 85.3 Å². The summed E-state index contributed by atoms with van der Waals surface area (Å²) in [6.45, 7) is 4.81. The number of carbonyl (C=O) groups is 1. The number of benzene rings is 2. The van der Waals surface area contributed by atoms with Crippen LogP contribution in [0.5, 0.6) is 0 Å². The number of hydrazine groups is 1. The highest BCUT2D eigenvalue weighted by atomic mass is 32.2. The van der Waals surface area contributed by atoms with Gasteiger partial charge in [0.1, 0.15) is 14.1 Å². The molecule has 3 heterocycles. The zero-order valence-corrected chi connectivity index (χ0v) is 20.4. The zero-order valence-electron chi connectivity index (χ0n) is 17.9. The average molecular weight is 493 g/mol. The number of aromatic nitrogens is 1. The summed E-state index contributed by atoms with van der Waals surface area (Å²) in [5, 5.41) is 0.957. The Bertz CT molecular complexity index is 1520. The molecule has 1 fully saturated rings. The van der Waals surface area contributed by atoms with Gasteiger partial charge in [0.05, 0.1) is 11.4 Å². The molecule has 5 rings (SSSR count). The number of hydrogen-bond acceptors (Lipinski definition) is 7. The fourth-order valence-electron chi connectivity index (χ4n) is 3.99. The van der Waals surface area contributed by atoms with E-state index in [2.05, 4.69) is 36.9 Å². The lowest BCUT2D eigenvalue weighted by atomic mass is 10.0. The summed E-state index contributed by atoms with van der Waals surface area (Å²) in [6.07, 6.45) is 4.01. The van der Waals surface area contributed by atoms with Gasteiger partial charge in [-0.1, -0.05) is 48.1 Å². The minimum Gasteiger partial charge on any atom is -0.340 e. The van der Waals surface area contributed by atoms with Crippen molar-refractivity contribution in [3.8, 4) is 5.69 Å². The number of fused-ring (bicyclic) bond motifs is 1. The topological polar surface area (TPSA) is 71.6 Å². The van der Waals surface area contributed by atoms with Gasteiger partial charge in [-0.25, -0.2) is 10.9 Å². The van der Waals surface area contributed by atoms with Crippen molar-refractivity contribution >= 4 is 67.9 Å². The number of amides is 1. The van der Waals surface area contributed by atoms with Crippen LogP contribution in [0.25, 0.3) is 22.4 Å². The molecule has 0 radical (unpaired) electrons. The Morgan fingerprint density at radius 2 is 1.82 bits per heavy atom. The predicted molar refractivity (Wildman–Crippen MR) is 140 cm³/mol. The van der Waals surface area contributed by atoms with Gasteiger partial charge >= 0.3 is 0 Å². The van der Waals surface area contributed by atoms with E-state index in [9.17, 15) is 9.59 Å². The number of likely N-dealkylation sites (N-methyl/N-ethyl adjacent to an activating group) is 1. The molecule has 1 saturated heterocycles. The first-order valence-corrected chi connectivity index (χ1v) is 12.4. The SMILES string of the molecule is CCN1/C(=c2/s/c(=C3\SC(=S)N(N)C3=O)n(-c3ccccc3)c2=O)C=Cc2cc(C)ccc21. The van der Waals surface area contributed by atoms with Crippen LogP contribution in [0.2, 0.25) is 0 Å². The molecule has 1 aromatic heterocycles. The minimum atomic E-state index is -0.403. The van der Waals surface area contributed by atoms with Crippen molar-refractivity contribution in [3.63, 3.8) is 0 Å². The monoisotopic (exact) mass is 492 g/mol. The molecule has 3 aromatic rings. The van der Waals surface area contributed by atoms with Crippen LogP contribution in [-0.4, -0.2) is 26.3 Å². The van der Waals surface area contributed by atoms with Gasteiger partial charge in [0, 0.05) is 12.2 Å². The van der Waals surface area contributed by atoms with Gasteiger partial charge in [-0.05, 0) is 61.5 Å². The number of rotatable bonds is 2. The van der Waals surface area contributed by atoms with Crippen molar-refractivity contribution in [2.75, 3.05) is 11.4 Å². The smallest absolute Gasteiger partial charge is 0.283 e. The first-order chi connectivity index (χ1) is 15.9. The van der Waals surface area contributed by atoms with E-state index < -0.39 is 5.91 Å². The molecule has 2 N–H and O–H groups in total. The van der Waals surface area contributed by atoms with Gasteiger partial charge in [0.15, 0.2) is 4.32 Å². The van der Waals surface area contributed by atoms with E-state index in [4.69, 9.17) is 18.1 Å². The number of nitrogens with two attached hydrogens (primary N) is 1. The largest absolute Gasteiger partial charge is 0.340 e. The van der Waals surface area contributed by atoms with Gasteiger partial charge in [0.2, 0.25) is 0 Å². The summed E-state index contributed by atoms with van der Waals surface area (Å²) >= 11 is 7.64. The first-order valence-electron chi connectivity index (χ1n) is 10.3. The van der Waals surface area contributed by atoms with E-state index in [1.165, 1.54) is 16.9 Å². The lowest BCUT2D eigenvalue weighted by molar-refractivity contribution is -0.120. The third kappa shape index (κ3) is 3.57. The molecule has 0 saturated carbocycles. The molecule has 0 spiro atoms. The number of thioether (sulfide) groups is 1. The van der Waals surface area contributed by atoms with Crippen molar-refractivity contribution in [2.24, 2.45) is 5.84 Å². The van der Waals surface area contributed by atoms with E-state index in [1.54, 1.807) is 4.57 Å². The Morgan fingerprint density at radius 3 is 2.48 bits per heavy atom. The second kappa shape index (κ2) is 8.42. The highest BCUT2D eigenvalue weighted by Crippen LogP contribution is 2.32. The molecule has 2 aliphatic heterocycles. The lowest BCUT2D eigenvalue weighted by Gasteiger charge is -2.29. The van der Waals surface area contributed by atoms with Gasteiger partial charge in [-0.15, -0.1) is 11.3 Å². The van der Waals surface area contributed by atoms with Crippen molar-refractivity contribution in [2.45, 2.75) is 13.8 Å². The van der Waals surface area contributed by atoms with Crippen LogP contribution in [0.4, 0.5) is 5.69 Å². The maximum atomic E-state index is 13.8. The van der Waals surface area contributed by atoms with Crippen LogP contribution < -0.4 is 25.5 Å². The van der Waals surface area contributed by atoms with Crippen LogP contribution in [0.15, 0.2) is 59.4 Å². The molecule has 2 aliphatic rings. The Labute approximate surface area is 203 Å². The Balaban J connectivity index is 1.87. The van der Waals surface area contributed by atoms with Gasteiger partial charge in [-0.2, -0.15) is 0 Å². The van der Waals surface area contributed by atoms with E-state index in [0.29, 0.717) is 26.3 Å². The van der Waals surface area contributed by atoms with Crippen LogP contribution in [0.1, 0.15) is 18.1 Å². The summed E-state index contributed by atoms with van der Waals surface area (Å²) in [4.78, 5) is 29.1. The normalized spacial score (nSPS) is 18.9. The van der Waals surface area contributed by atoms with Gasteiger partial charge in [0.25, 0.3) is 11.5 Å². The molecule has 9 heteroatoms.